The van der Waals surface area contributed by atoms with Gasteiger partial charge in [0.15, 0.2) is 0 Å². The molecule has 0 spiro atoms. The van der Waals surface area contributed by atoms with Gasteiger partial charge in [0, 0.05) is 38.4 Å². The molecule has 6 nitrogen and oxygen atoms in total. The van der Waals surface area contributed by atoms with E-state index in [1.807, 2.05) is 11.1 Å². The van der Waals surface area contributed by atoms with Gasteiger partial charge >= 0.3 is 0 Å². The number of carbonyl (C=O) groups excluding carboxylic acids is 2. The van der Waals surface area contributed by atoms with E-state index in [1.54, 1.807) is 6.20 Å². The number of aryl methyl sites for hydroxylation is 1. The van der Waals surface area contributed by atoms with Crippen LogP contribution in [-0.2, 0) is 22.6 Å². The molecule has 0 radical (unpaired) electrons. The van der Waals surface area contributed by atoms with Crippen molar-refractivity contribution >= 4 is 11.8 Å². The Morgan fingerprint density at radius 2 is 2.32 bits per heavy atom. The van der Waals surface area contributed by atoms with Crippen molar-refractivity contribution in [2.24, 2.45) is 11.8 Å². The number of rotatable bonds is 3. The summed E-state index contributed by atoms with van der Waals surface area (Å²) in [6.45, 7) is 6.03. The highest BCUT2D eigenvalue weighted by atomic mass is 16.2. The van der Waals surface area contributed by atoms with Gasteiger partial charge in [-0.2, -0.15) is 0 Å². The van der Waals surface area contributed by atoms with Crippen molar-refractivity contribution in [3.05, 3.63) is 18.2 Å². The minimum Gasteiger partial charge on any atom is -0.353 e. The molecule has 0 saturated carbocycles. The van der Waals surface area contributed by atoms with E-state index in [2.05, 4.69) is 28.7 Å². The third-order valence-electron chi connectivity index (χ3n) is 4.59. The summed E-state index contributed by atoms with van der Waals surface area (Å²) < 4.78 is 2.06. The van der Waals surface area contributed by atoms with Gasteiger partial charge in [0.25, 0.3) is 0 Å². The van der Waals surface area contributed by atoms with E-state index < -0.39 is 0 Å². The largest absolute Gasteiger partial charge is 0.353 e. The Balaban J connectivity index is 1.74. The number of nitrogens with one attached hydrogen (secondary N) is 1. The van der Waals surface area contributed by atoms with Crippen LogP contribution in [0.2, 0.25) is 0 Å². The van der Waals surface area contributed by atoms with Gasteiger partial charge in [0.1, 0.15) is 11.9 Å². The van der Waals surface area contributed by atoms with Gasteiger partial charge in [0.2, 0.25) is 11.8 Å². The molecule has 3 rings (SSSR count). The zero-order chi connectivity index (χ0) is 15.7. The van der Waals surface area contributed by atoms with Crippen molar-refractivity contribution in [1.29, 1.82) is 0 Å². The first-order valence-electron chi connectivity index (χ1n) is 8.14. The molecule has 2 unspecified atom stereocenters. The first-order valence-corrected chi connectivity index (χ1v) is 8.14. The van der Waals surface area contributed by atoms with Crippen molar-refractivity contribution in [3.63, 3.8) is 0 Å². The molecule has 0 aromatic carbocycles. The molecule has 2 atom stereocenters. The molecule has 6 heteroatoms. The smallest absolute Gasteiger partial charge is 0.242 e. The van der Waals surface area contributed by atoms with Crippen molar-refractivity contribution in [2.75, 3.05) is 13.1 Å². The summed E-state index contributed by atoms with van der Waals surface area (Å²) in [5, 5.41) is 2.89. The molecular formula is C16H24N4O2. The Bertz CT molecular complexity index is 566. The number of amides is 2. The second-order valence-electron chi connectivity index (χ2n) is 6.70. The van der Waals surface area contributed by atoms with Crippen molar-refractivity contribution < 1.29 is 9.59 Å². The summed E-state index contributed by atoms with van der Waals surface area (Å²) in [6, 6.07) is -0.314. The second kappa shape index (κ2) is 6.10. The molecule has 0 bridgehead atoms. The van der Waals surface area contributed by atoms with Crippen molar-refractivity contribution in [3.8, 4) is 0 Å². The molecule has 2 aliphatic heterocycles. The maximum Gasteiger partial charge on any atom is 0.242 e. The first-order chi connectivity index (χ1) is 10.6. The van der Waals surface area contributed by atoms with Crippen LogP contribution in [-0.4, -0.2) is 45.4 Å². The number of carbonyl (C=O) groups is 2. The molecule has 1 N–H and O–H groups in total. The zero-order valence-corrected chi connectivity index (χ0v) is 13.3. The zero-order valence-electron chi connectivity index (χ0n) is 13.3. The standard InChI is InChI=1S/C16H24N4O2/c1-11(2)9-13-15(21)18-6-8-20(13)16(22)12-3-4-14-17-5-7-19(14)10-12/h5,7,11-13H,3-4,6,8-10H2,1-2H3,(H,18,21). The number of fused-ring (bicyclic) bond motifs is 1. The lowest BCUT2D eigenvalue weighted by Gasteiger charge is -2.38. The molecule has 1 aromatic rings. The summed E-state index contributed by atoms with van der Waals surface area (Å²) >= 11 is 0. The van der Waals surface area contributed by atoms with E-state index in [1.165, 1.54) is 0 Å². The average Bonchev–Trinajstić information content (AvgIpc) is 2.95. The topological polar surface area (TPSA) is 67.2 Å². The van der Waals surface area contributed by atoms with Crippen molar-refractivity contribution in [1.82, 2.24) is 19.8 Å². The van der Waals surface area contributed by atoms with E-state index in [9.17, 15) is 9.59 Å². The second-order valence-corrected chi connectivity index (χ2v) is 6.70. The Kier molecular flexibility index (Phi) is 4.18. The van der Waals surface area contributed by atoms with Crippen LogP contribution in [0.1, 0.15) is 32.5 Å². The van der Waals surface area contributed by atoms with E-state index in [0.717, 1.165) is 25.1 Å². The lowest BCUT2D eigenvalue weighted by Crippen LogP contribution is -2.59. The molecule has 2 amide bonds. The Hall–Kier alpha value is -1.85. The summed E-state index contributed by atoms with van der Waals surface area (Å²) in [5.41, 5.74) is 0. The fourth-order valence-corrected chi connectivity index (χ4v) is 3.46. The third kappa shape index (κ3) is 2.87. The van der Waals surface area contributed by atoms with Crippen LogP contribution in [0.3, 0.4) is 0 Å². The predicted molar refractivity (Wildman–Crippen MR) is 82.0 cm³/mol. The Labute approximate surface area is 130 Å². The van der Waals surface area contributed by atoms with Gasteiger partial charge in [0.05, 0.1) is 5.92 Å². The average molecular weight is 304 g/mol. The number of imidazole rings is 1. The lowest BCUT2D eigenvalue weighted by molar-refractivity contribution is -0.147. The molecular weight excluding hydrogens is 280 g/mol. The number of hydrogen-bond donors (Lipinski definition) is 1. The van der Waals surface area contributed by atoms with Crippen LogP contribution in [0.5, 0.6) is 0 Å². The summed E-state index contributed by atoms with van der Waals surface area (Å²) in [7, 11) is 0. The lowest BCUT2D eigenvalue weighted by atomic mass is 9.94. The molecule has 3 heterocycles. The first kappa shape index (κ1) is 15.1. The fourth-order valence-electron chi connectivity index (χ4n) is 3.46. The predicted octanol–water partition coefficient (Wildman–Crippen LogP) is 0.819. The van der Waals surface area contributed by atoms with Crippen LogP contribution in [0.25, 0.3) is 0 Å². The molecule has 1 fully saturated rings. The maximum atomic E-state index is 12.9. The number of hydrogen-bond acceptors (Lipinski definition) is 3. The highest BCUT2D eigenvalue weighted by Crippen LogP contribution is 2.24. The highest BCUT2D eigenvalue weighted by Gasteiger charge is 2.37. The molecule has 1 saturated heterocycles. The van der Waals surface area contributed by atoms with Crippen LogP contribution in [0.4, 0.5) is 0 Å². The van der Waals surface area contributed by atoms with E-state index in [0.29, 0.717) is 25.6 Å². The highest BCUT2D eigenvalue weighted by molar-refractivity contribution is 5.89. The molecule has 120 valence electrons. The Morgan fingerprint density at radius 1 is 1.50 bits per heavy atom. The van der Waals surface area contributed by atoms with Crippen molar-refractivity contribution in [2.45, 2.75) is 45.7 Å². The summed E-state index contributed by atoms with van der Waals surface area (Å²) in [4.78, 5) is 31.2. The SMILES string of the molecule is CC(C)CC1C(=O)NCCN1C(=O)C1CCc2nccn2C1. The Morgan fingerprint density at radius 3 is 3.09 bits per heavy atom. The van der Waals surface area contributed by atoms with E-state index >= 15 is 0 Å². The summed E-state index contributed by atoms with van der Waals surface area (Å²) in [5.74, 6) is 1.52. The number of piperazine rings is 1. The molecule has 2 aliphatic rings. The summed E-state index contributed by atoms with van der Waals surface area (Å²) in [6.07, 6.45) is 6.10. The van der Waals surface area contributed by atoms with Crippen LogP contribution >= 0.6 is 0 Å². The van der Waals surface area contributed by atoms with Crippen LogP contribution in [0, 0.1) is 11.8 Å². The number of nitrogens with zero attached hydrogens (tertiary/aromatic N) is 3. The number of aromatic nitrogens is 2. The molecule has 0 aliphatic carbocycles. The van der Waals surface area contributed by atoms with E-state index in [4.69, 9.17) is 0 Å². The van der Waals surface area contributed by atoms with Gasteiger partial charge in [-0.3, -0.25) is 9.59 Å². The van der Waals surface area contributed by atoms with Gasteiger partial charge in [-0.05, 0) is 18.8 Å². The quantitative estimate of drug-likeness (QED) is 0.899. The van der Waals surface area contributed by atoms with Gasteiger partial charge < -0.3 is 14.8 Å². The molecule has 22 heavy (non-hydrogen) atoms. The monoisotopic (exact) mass is 304 g/mol. The van der Waals surface area contributed by atoms with Crippen LogP contribution < -0.4 is 5.32 Å². The maximum absolute atomic E-state index is 12.9. The van der Waals surface area contributed by atoms with Crippen LogP contribution in [0.15, 0.2) is 12.4 Å². The third-order valence-corrected chi connectivity index (χ3v) is 4.59. The van der Waals surface area contributed by atoms with Gasteiger partial charge in [-0.15, -0.1) is 0 Å². The molecule has 1 aromatic heterocycles. The van der Waals surface area contributed by atoms with E-state index in [-0.39, 0.29) is 23.8 Å². The minimum absolute atomic E-state index is 0.00701. The minimum atomic E-state index is -0.314. The normalized spacial score (nSPS) is 25.0. The van der Waals surface area contributed by atoms with Gasteiger partial charge in [-0.1, -0.05) is 13.8 Å². The van der Waals surface area contributed by atoms with Gasteiger partial charge in [-0.25, -0.2) is 4.98 Å². The fraction of sp³-hybridized carbons (Fsp3) is 0.688.